The number of piperidine rings is 1. The zero-order chi connectivity index (χ0) is 26.3. The van der Waals surface area contributed by atoms with Crippen LogP contribution in [0.4, 0.5) is 5.13 Å². The van der Waals surface area contributed by atoms with Crippen molar-refractivity contribution in [3.63, 3.8) is 0 Å². The number of carbonyl (C=O) groups is 1. The highest BCUT2D eigenvalue weighted by atomic mass is 32.2. The third-order valence-corrected chi connectivity index (χ3v) is 9.90. The van der Waals surface area contributed by atoms with E-state index in [0.29, 0.717) is 23.6 Å². The molecule has 1 aliphatic carbocycles. The molecule has 10 nitrogen and oxygen atoms in total. The maximum absolute atomic E-state index is 12.8. The van der Waals surface area contributed by atoms with Crippen molar-refractivity contribution < 1.29 is 4.79 Å². The summed E-state index contributed by atoms with van der Waals surface area (Å²) in [4.78, 5) is 25.8. The van der Waals surface area contributed by atoms with Gasteiger partial charge in [0, 0.05) is 43.0 Å². The molecule has 1 aromatic carbocycles. The maximum Gasteiger partial charge on any atom is 0.240 e. The molecule has 4 aromatic rings. The fourth-order valence-corrected chi connectivity index (χ4v) is 7.40. The second-order valence-electron chi connectivity index (χ2n) is 10.9. The fourth-order valence-electron chi connectivity index (χ4n) is 5.58. The SMILES string of the molecule is CN1CCC(N2CCN(CC(=O)Nc3nc4ccc(Sc5nnc6ccc(C7CC7)nn56)cc4s3)CC2)CC1. The minimum atomic E-state index is 0.00358. The van der Waals surface area contributed by atoms with Crippen LogP contribution in [0.15, 0.2) is 40.4 Å². The van der Waals surface area contributed by atoms with Gasteiger partial charge in [-0.15, -0.1) is 10.2 Å². The summed E-state index contributed by atoms with van der Waals surface area (Å²) in [5.74, 6) is 0.578. The summed E-state index contributed by atoms with van der Waals surface area (Å²) in [5.41, 5.74) is 2.75. The van der Waals surface area contributed by atoms with E-state index in [1.807, 2.05) is 22.7 Å². The number of nitrogens with zero attached hydrogens (tertiary/aromatic N) is 8. The number of nitrogens with one attached hydrogen (secondary N) is 1. The van der Waals surface area contributed by atoms with Crippen LogP contribution in [0.5, 0.6) is 0 Å². The van der Waals surface area contributed by atoms with E-state index in [9.17, 15) is 4.79 Å². The van der Waals surface area contributed by atoms with E-state index in [2.05, 4.69) is 54.4 Å². The number of hydrogen-bond acceptors (Lipinski definition) is 10. The molecule has 1 saturated carbocycles. The summed E-state index contributed by atoms with van der Waals surface area (Å²) < 4.78 is 2.87. The first-order chi connectivity index (χ1) is 19.1. The highest BCUT2D eigenvalue weighted by molar-refractivity contribution is 7.99. The van der Waals surface area contributed by atoms with E-state index in [1.54, 1.807) is 11.8 Å². The topological polar surface area (TPSA) is 94.8 Å². The largest absolute Gasteiger partial charge is 0.306 e. The molecule has 7 rings (SSSR count). The van der Waals surface area contributed by atoms with Gasteiger partial charge in [-0.05, 0) is 87.9 Å². The van der Waals surface area contributed by atoms with Crippen molar-refractivity contribution in [2.75, 3.05) is 58.2 Å². The first-order valence-electron chi connectivity index (χ1n) is 13.8. The molecule has 5 heterocycles. The van der Waals surface area contributed by atoms with Gasteiger partial charge in [-0.3, -0.25) is 14.6 Å². The lowest BCUT2D eigenvalue weighted by atomic mass is 10.0. The second-order valence-corrected chi connectivity index (χ2v) is 13.0. The summed E-state index contributed by atoms with van der Waals surface area (Å²) in [5, 5.41) is 17.8. The lowest BCUT2D eigenvalue weighted by molar-refractivity contribution is -0.117. The summed E-state index contributed by atoms with van der Waals surface area (Å²) in [6, 6.07) is 10.9. The van der Waals surface area contributed by atoms with Crippen LogP contribution in [0.1, 0.15) is 37.3 Å². The molecule has 0 radical (unpaired) electrons. The Morgan fingerprint density at radius 2 is 1.85 bits per heavy atom. The average Bonchev–Trinajstić information content (AvgIpc) is 3.61. The van der Waals surface area contributed by atoms with Gasteiger partial charge in [0.25, 0.3) is 0 Å². The van der Waals surface area contributed by atoms with E-state index < -0.39 is 0 Å². The molecule has 0 bridgehead atoms. The monoisotopic (exact) mass is 563 g/mol. The Bertz CT molecular complexity index is 1480. The van der Waals surface area contributed by atoms with Crippen molar-refractivity contribution in [3.8, 4) is 0 Å². The fraction of sp³-hybridized carbons (Fsp3) is 0.519. The molecule has 204 valence electrons. The number of carbonyl (C=O) groups excluding carboxylic acids is 1. The number of aromatic nitrogens is 5. The lowest BCUT2D eigenvalue weighted by Crippen LogP contribution is -2.53. The molecule has 0 spiro atoms. The normalized spacial score (nSPS) is 20.2. The highest BCUT2D eigenvalue weighted by Crippen LogP contribution is 2.39. The van der Waals surface area contributed by atoms with Crippen LogP contribution >= 0.6 is 23.1 Å². The van der Waals surface area contributed by atoms with Crippen LogP contribution in [-0.4, -0.2) is 104 Å². The van der Waals surface area contributed by atoms with Gasteiger partial charge < -0.3 is 10.2 Å². The van der Waals surface area contributed by atoms with E-state index in [-0.39, 0.29) is 5.91 Å². The Kier molecular flexibility index (Phi) is 6.97. The highest BCUT2D eigenvalue weighted by Gasteiger charge is 2.28. The van der Waals surface area contributed by atoms with E-state index in [4.69, 9.17) is 5.10 Å². The van der Waals surface area contributed by atoms with Crippen molar-refractivity contribution >= 4 is 50.0 Å². The van der Waals surface area contributed by atoms with E-state index >= 15 is 0 Å². The van der Waals surface area contributed by atoms with Gasteiger partial charge in [-0.1, -0.05) is 11.3 Å². The van der Waals surface area contributed by atoms with Crippen LogP contribution in [0.25, 0.3) is 15.9 Å². The van der Waals surface area contributed by atoms with Crippen molar-refractivity contribution in [1.29, 1.82) is 0 Å². The van der Waals surface area contributed by atoms with Gasteiger partial charge in [0.2, 0.25) is 11.1 Å². The summed E-state index contributed by atoms with van der Waals surface area (Å²) >= 11 is 3.05. The maximum atomic E-state index is 12.8. The Balaban J connectivity index is 0.955. The van der Waals surface area contributed by atoms with Gasteiger partial charge in [0.15, 0.2) is 10.8 Å². The molecule has 3 aromatic heterocycles. The molecule has 3 aliphatic rings. The Hall–Kier alpha value is -2.64. The molecule has 39 heavy (non-hydrogen) atoms. The minimum absolute atomic E-state index is 0.00358. The van der Waals surface area contributed by atoms with Crippen LogP contribution in [0.2, 0.25) is 0 Å². The number of piperazine rings is 1. The zero-order valence-electron chi connectivity index (χ0n) is 22.1. The first kappa shape index (κ1) is 25.3. The summed E-state index contributed by atoms with van der Waals surface area (Å²) in [6.07, 6.45) is 4.92. The van der Waals surface area contributed by atoms with Crippen LogP contribution in [-0.2, 0) is 4.79 Å². The number of fused-ring (bicyclic) bond motifs is 2. The van der Waals surface area contributed by atoms with Crippen LogP contribution < -0.4 is 5.32 Å². The zero-order valence-corrected chi connectivity index (χ0v) is 23.8. The number of thiazole rings is 1. The predicted molar refractivity (Wildman–Crippen MR) is 154 cm³/mol. The molecule has 12 heteroatoms. The molecule has 2 aliphatic heterocycles. The number of hydrogen-bond donors (Lipinski definition) is 1. The molecule has 1 N–H and O–H groups in total. The minimum Gasteiger partial charge on any atom is -0.306 e. The molecule has 0 atom stereocenters. The molecule has 3 fully saturated rings. The van der Waals surface area contributed by atoms with Crippen molar-refractivity contribution in [2.24, 2.45) is 0 Å². The third-order valence-electron chi connectivity index (χ3n) is 8.04. The first-order valence-corrected chi connectivity index (χ1v) is 15.5. The van der Waals surface area contributed by atoms with E-state index in [0.717, 1.165) is 57.8 Å². The number of anilines is 1. The smallest absolute Gasteiger partial charge is 0.240 e. The van der Waals surface area contributed by atoms with E-state index in [1.165, 1.54) is 50.1 Å². The van der Waals surface area contributed by atoms with Crippen molar-refractivity contribution in [2.45, 2.75) is 47.7 Å². The molecule has 1 amide bonds. The second kappa shape index (κ2) is 10.7. The van der Waals surface area contributed by atoms with Gasteiger partial charge in [0.05, 0.1) is 22.5 Å². The third kappa shape index (κ3) is 5.66. The number of rotatable bonds is 7. The molecule has 0 unspecified atom stereocenters. The number of likely N-dealkylation sites (tertiary alicyclic amines) is 1. The number of amides is 1. The predicted octanol–water partition coefficient (Wildman–Crippen LogP) is 3.41. The summed E-state index contributed by atoms with van der Waals surface area (Å²) in [6.45, 7) is 6.75. The molecular formula is C27H33N9OS2. The molecule has 2 saturated heterocycles. The number of benzene rings is 1. The van der Waals surface area contributed by atoms with Crippen LogP contribution in [0, 0.1) is 0 Å². The summed E-state index contributed by atoms with van der Waals surface area (Å²) in [7, 11) is 2.21. The Morgan fingerprint density at radius 1 is 1.03 bits per heavy atom. The Labute approximate surface area is 235 Å². The van der Waals surface area contributed by atoms with Gasteiger partial charge >= 0.3 is 0 Å². The van der Waals surface area contributed by atoms with Gasteiger partial charge in [0.1, 0.15) is 0 Å². The van der Waals surface area contributed by atoms with Crippen molar-refractivity contribution in [1.82, 2.24) is 39.5 Å². The standard InChI is InChI=1S/C27H33N9OS2/c1-33-10-8-19(9-11-33)35-14-12-34(13-15-35)17-25(37)29-26-28-22-5-4-20(16-23(22)39-26)38-27-31-30-24-7-6-21(18-2-3-18)32-36(24)27/h4-7,16,18-19H,2-3,8-15,17H2,1H3,(H,28,29,37). The quantitative estimate of drug-likeness (QED) is 0.363. The average molecular weight is 564 g/mol. The lowest BCUT2D eigenvalue weighted by Gasteiger charge is -2.42. The van der Waals surface area contributed by atoms with Gasteiger partial charge in [-0.25, -0.2) is 4.98 Å². The Morgan fingerprint density at radius 3 is 2.64 bits per heavy atom. The molecular weight excluding hydrogens is 530 g/mol. The van der Waals surface area contributed by atoms with Crippen LogP contribution in [0.3, 0.4) is 0 Å². The van der Waals surface area contributed by atoms with Crippen molar-refractivity contribution in [3.05, 3.63) is 36.0 Å². The van der Waals surface area contributed by atoms with Gasteiger partial charge in [-0.2, -0.15) is 9.61 Å².